The van der Waals surface area contributed by atoms with Crippen LogP contribution in [0, 0.1) is 0 Å². The van der Waals surface area contributed by atoms with Crippen molar-refractivity contribution in [2.75, 3.05) is 7.05 Å². The van der Waals surface area contributed by atoms with Crippen molar-refractivity contribution >= 4 is 54.0 Å². The summed E-state index contributed by atoms with van der Waals surface area (Å²) in [6.07, 6.45) is 1.39. The van der Waals surface area contributed by atoms with Crippen LogP contribution >= 0.6 is 30.1 Å². The summed E-state index contributed by atoms with van der Waals surface area (Å²) in [7, 11) is 5.51. The molecule has 1 rings (SSSR count). The molecule has 0 fully saturated rings. The van der Waals surface area contributed by atoms with Gasteiger partial charge in [0.2, 0.25) is 0 Å². The van der Waals surface area contributed by atoms with Crippen molar-refractivity contribution in [1.29, 1.82) is 0 Å². The predicted molar refractivity (Wildman–Crippen MR) is 86.1 cm³/mol. The zero-order chi connectivity index (χ0) is 14.6. The van der Waals surface area contributed by atoms with E-state index in [1.165, 1.54) is 27.6 Å². The highest BCUT2D eigenvalue weighted by atomic mass is 35.5. The van der Waals surface area contributed by atoms with Gasteiger partial charge in [-0.1, -0.05) is 33.0 Å². The van der Waals surface area contributed by atoms with Crippen molar-refractivity contribution in [3.05, 3.63) is 34.4 Å². The Labute approximate surface area is 120 Å². The van der Waals surface area contributed by atoms with Crippen molar-refractivity contribution in [2.24, 2.45) is 9.98 Å². The van der Waals surface area contributed by atoms with Gasteiger partial charge in [-0.15, -0.1) is 9.24 Å². The zero-order valence-electron chi connectivity index (χ0n) is 10.2. The van der Waals surface area contributed by atoms with Crippen LogP contribution in [0.3, 0.4) is 0 Å². The molecule has 0 bridgehead atoms. The Morgan fingerprint density at radius 2 is 2.11 bits per heavy atom. The molecule has 0 saturated heterocycles. The largest absolute Gasteiger partial charge is 0.295 e. The molecule has 102 valence electrons. The van der Waals surface area contributed by atoms with E-state index in [0.29, 0.717) is 16.6 Å². The van der Waals surface area contributed by atoms with Crippen molar-refractivity contribution in [1.82, 2.24) is 0 Å². The second-order valence-electron chi connectivity index (χ2n) is 3.67. The zero-order valence-corrected chi connectivity index (χ0v) is 13.3. The maximum absolute atomic E-state index is 13.3. The van der Waals surface area contributed by atoms with Gasteiger partial charge >= 0.3 is 0 Å². The molecule has 0 aromatic heterocycles. The molecule has 0 radical (unpaired) electrons. The average Bonchev–Trinajstić information content (AvgIpc) is 2.31. The Morgan fingerprint density at radius 1 is 1.47 bits per heavy atom. The second kappa shape index (κ2) is 6.65. The van der Waals surface area contributed by atoms with Gasteiger partial charge in [-0.3, -0.25) is 9.98 Å². The Hall–Kier alpha value is -0.690. The molecule has 19 heavy (non-hydrogen) atoms. The highest BCUT2D eigenvalue weighted by molar-refractivity contribution is 7.27. The monoisotopic (exact) mass is 320 g/mol. The minimum absolute atomic E-state index is 0.141. The van der Waals surface area contributed by atoms with E-state index in [1.54, 1.807) is 13.1 Å². The van der Waals surface area contributed by atoms with Crippen molar-refractivity contribution in [3.63, 3.8) is 0 Å². The smallest absolute Gasteiger partial charge is 0.283 e. The first-order valence-corrected chi connectivity index (χ1v) is 6.70. The minimum atomic E-state index is -3.01. The SMILES string of the molecule is C=N/C(=C(Cl)\C=N/C)c1cc(C(F)(F)P)ccc1P. The maximum atomic E-state index is 13.3. The molecule has 2 unspecified atom stereocenters. The Balaban J connectivity index is 3.48. The normalized spacial score (nSPS) is 13.6. The summed E-state index contributed by atoms with van der Waals surface area (Å²) in [4.78, 5) is 7.57. The van der Waals surface area contributed by atoms with Gasteiger partial charge in [0.1, 0.15) is 0 Å². The average molecular weight is 321 g/mol. The van der Waals surface area contributed by atoms with Gasteiger partial charge in [0.25, 0.3) is 5.66 Å². The van der Waals surface area contributed by atoms with Gasteiger partial charge in [0.05, 0.1) is 10.7 Å². The first-order chi connectivity index (χ1) is 8.81. The van der Waals surface area contributed by atoms with Crippen LogP contribution in [-0.4, -0.2) is 20.0 Å². The summed E-state index contributed by atoms with van der Waals surface area (Å²) >= 11 is 6.01. The van der Waals surface area contributed by atoms with Gasteiger partial charge in [-0.2, -0.15) is 8.78 Å². The molecular weight excluding hydrogens is 308 g/mol. The van der Waals surface area contributed by atoms with Crippen LogP contribution in [0.15, 0.2) is 33.2 Å². The minimum Gasteiger partial charge on any atom is -0.295 e. The summed E-state index contributed by atoms with van der Waals surface area (Å²) in [6.45, 7) is 3.42. The summed E-state index contributed by atoms with van der Waals surface area (Å²) in [6, 6.07) is 4.25. The number of halogens is 3. The second-order valence-corrected chi connectivity index (χ2v) is 5.42. The number of hydrogen-bond acceptors (Lipinski definition) is 2. The van der Waals surface area contributed by atoms with E-state index in [-0.39, 0.29) is 10.6 Å². The molecular formula is C12H13ClF2N2P2. The fraction of sp³-hybridized carbons (Fsp3) is 0.167. The van der Waals surface area contributed by atoms with Crippen molar-refractivity contribution in [2.45, 2.75) is 5.66 Å². The molecule has 2 nitrogen and oxygen atoms in total. The van der Waals surface area contributed by atoms with Crippen molar-refractivity contribution in [3.8, 4) is 0 Å². The third-order valence-electron chi connectivity index (χ3n) is 2.32. The number of hydrogen-bond donors (Lipinski definition) is 0. The van der Waals surface area contributed by atoms with E-state index >= 15 is 0 Å². The summed E-state index contributed by atoms with van der Waals surface area (Å²) in [5.41, 5.74) is -2.36. The molecule has 2 atom stereocenters. The molecule has 0 amide bonds. The molecule has 0 saturated carbocycles. The number of rotatable bonds is 4. The summed E-state index contributed by atoms with van der Waals surface area (Å²) in [5.74, 6) is 0. The molecule has 0 heterocycles. The van der Waals surface area contributed by atoms with Crippen LogP contribution in [0.1, 0.15) is 11.1 Å². The predicted octanol–water partition coefficient (Wildman–Crippen LogP) is 3.42. The van der Waals surface area contributed by atoms with Crippen LogP contribution in [0.4, 0.5) is 8.78 Å². The third kappa shape index (κ3) is 4.14. The molecule has 0 aliphatic heterocycles. The standard InChI is InChI=1S/C12H13ClF2N2P2/c1-16-6-9(13)11(17-2)8-5-7(12(14,15)19)3-4-10(8)18/h3-6H,2,18-19H2,1H3/b11-9+,16-6-. The topological polar surface area (TPSA) is 24.7 Å². The van der Waals surface area contributed by atoms with E-state index in [0.717, 1.165) is 0 Å². The fourth-order valence-electron chi connectivity index (χ4n) is 1.43. The van der Waals surface area contributed by atoms with Crippen LogP contribution in [0.5, 0.6) is 0 Å². The van der Waals surface area contributed by atoms with E-state index in [2.05, 4.69) is 25.9 Å². The lowest BCUT2D eigenvalue weighted by Gasteiger charge is -2.14. The first-order valence-electron chi connectivity index (χ1n) is 5.17. The lowest BCUT2D eigenvalue weighted by molar-refractivity contribution is 0.104. The van der Waals surface area contributed by atoms with Gasteiger partial charge in [-0.25, -0.2) is 0 Å². The lowest BCUT2D eigenvalue weighted by Crippen LogP contribution is -2.08. The highest BCUT2D eigenvalue weighted by Gasteiger charge is 2.25. The maximum Gasteiger partial charge on any atom is 0.283 e. The number of allylic oxidation sites excluding steroid dienone is 1. The quantitative estimate of drug-likeness (QED) is 0.600. The Bertz CT molecular complexity index is 551. The van der Waals surface area contributed by atoms with E-state index < -0.39 is 5.66 Å². The lowest BCUT2D eigenvalue weighted by atomic mass is 10.1. The fourth-order valence-corrected chi connectivity index (χ4v) is 2.19. The van der Waals surface area contributed by atoms with Gasteiger partial charge in [-0.05, 0) is 18.1 Å². The van der Waals surface area contributed by atoms with Crippen LogP contribution in [0.2, 0.25) is 0 Å². The summed E-state index contributed by atoms with van der Waals surface area (Å²) < 4.78 is 26.6. The molecule has 1 aromatic rings. The molecule has 0 aliphatic rings. The van der Waals surface area contributed by atoms with E-state index in [4.69, 9.17) is 11.6 Å². The van der Waals surface area contributed by atoms with Crippen molar-refractivity contribution < 1.29 is 8.78 Å². The van der Waals surface area contributed by atoms with Crippen LogP contribution in [-0.2, 0) is 5.66 Å². The number of alkyl halides is 2. The number of benzene rings is 1. The van der Waals surface area contributed by atoms with Gasteiger partial charge < -0.3 is 0 Å². The van der Waals surface area contributed by atoms with Crippen LogP contribution in [0.25, 0.3) is 5.70 Å². The summed E-state index contributed by atoms with van der Waals surface area (Å²) in [5, 5.41) is 0.938. The molecule has 1 aromatic carbocycles. The molecule has 0 spiro atoms. The number of aliphatic imine (C=N–C) groups is 2. The molecule has 7 heteroatoms. The number of nitrogens with zero attached hydrogens (tertiary/aromatic N) is 2. The van der Waals surface area contributed by atoms with Crippen LogP contribution < -0.4 is 5.30 Å². The van der Waals surface area contributed by atoms with Gasteiger partial charge in [0.15, 0.2) is 0 Å². The Morgan fingerprint density at radius 3 is 2.58 bits per heavy atom. The van der Waals surface area contributed by atoms with Gasteiger partial charge in [0, 0.05) is 24.4 Å². The first kappa shape index (κ1) is 16.4. The van der Waals surface area contributed by atoms with E-state index in [9.17, 15) is 8.78 Å². The Kier molecular flexibility index (Phi) is 5.73. The molecule has 0 N–H and O–H groups in total. The highest BCUT2D eigenvalue weighted by Crippen LogP contribution is 2.36. The van der Waals surface area contributed by atoms with E-state index in [1.807, 2.05) is 0 Å². The third-order valence-corrected chi connectivity index (χ3v) is 3.43. The molecule has 0 aliphatic carbocycles.